The molecule has 0 bridgehead atoms. The van der Waals surface area contributed by atoms with Crippen LogP contribution in [0.15, 0.2) is 54.9 Å². The summed E-state index contributed by atoms with van der Waals surface area (Å²) < 4.78 is 10.9. The highest BCUT2D eigenvalue weighted by Crippen LogP contribution is 2.34. The predicted octanol–water partition coefficient (Wildman–Crippen LogP) is 4.02. The molecule has 0 unspecified atom stereocenters. The van der Waals surface area contributed by atoms with Gasteiger partial charge in [-0.1, -0.05) is 12.1 Å². The van der Waals surface area contributed by atoms with E-state index in [1.165, 1.54) is 6.33 Å². The van der Waals surface area contributed by atoms with Crippen molar-refractivity contribution in [2.75, 3.05) is 19.5 Å². The zero-order valence-electron chi connectivity index (χ0n) is 16.5. The lowest BCUT2D eigenvalue weighted by Gasteiger charge is -2.13. The summed E-state index contributed by atoms with van der Waals surface area (Å²) in [4.78, 5) is 8.85. The van der Waals surface area contributed by atoms with Crippen LogP contribution in [0.2, 0.25) is 0 Å². The van der Waals surface area contributed by atoms with Crippen molar-refractivity contribution in [3.05, 3.63) is 66.2 Å². The van der Waals surface area contributed by atoms with E-state index in [-0.39, 0.29) is 0 Å². The third-order valence-corrected chi connectivity index (χ3v) is 4.64. The van der Waals surface area contributed by atoms with Gasteiger partial charge in [-0.15, -0.1) is 0 Å². The van der Waals surface area contributed by atoms with Gasteiger partial charge in [0.25, 0.3) is 0 Å². The van der Waals surface area contributed by atoms with E-state index >= 15 is 0 Å². The van der Waals surface area contributed by atoms with Crippen LogP contribution in [-0.2, 0) is 6.54 Å². The second-order valence-electron chi connectivity index (χ2n) is 6.55. The second kappa shape index (κ2) is 8.10. The zero-order chi connectivity index (χ0) is 20.2. The highest BCUT2D eigenvalue weighted by molar-refractivity contribution is 5.96. The summed E-state index contributed by atoms with van der Waals surface area (Å²) in [6.07, 6.45) is 1.53. The van der Waals surface area contributed by atoms with E-state index in [9.17, 15) is 0 Å². The molecule has 4 aromatic rings. The fourth-order valence-electron chi connectivity index (χ4n) is 3.08. The topological polar surface area (TPSA) is 82.0 Å². The van der Waals surface area contributed by atoms with E-state index in [4.69, 9.17) is 9.47 Å². The van der Waals surface area contributed by atoms with Crippen molar-refractivity contribution >= 4 is 16.7 Å². The second-order valence-corrected chi connectivity index (χ2v) is 6.55. The number of ether oxygens (including phenoxy) is 2. The minimum atomic E-state index is 0.508. The van der Waals surface area contributed by atoms with Crippen molar-refractivity contribution < 1.29 is 9.47 Å². The molecule has 2 heterocycles. The van der Waals surface area contributed by atoms with Crippen molar-refractivity contribution in [2.24, 2.45) is 0 Å². The molecular weight excluding hydrogens is 366 g/mol. The first-order chi connectivity index (χ1) is 14.2. The summed E-state index contributed by atoms with van der Waals surface area (Å²) in [6, 6.07) is 15.8. The number of hydrogen-bond donors (Lipinski definition) is 1. The number of aromatic nitrogens is 4. The molecule has 7 heteroatoms. The van der Waals surface area contributed by atoms with Gasteiger partial charge in [-0.2, -0.15) is 10.2 Å². The van der Waals surface area contributed by atoms with Gasteiger partial charge in [0.2, 0.25) is 0 Å². The number of aryl methyl sites for hydroxylation is 1. The fourth-order valence-corrected chi connectivity index (χ4v) is 3.08. The first-order valence-electron chi connectivity index (χ1n) is 9.18. The number of hydrogen-bond acceptors (Lipinski definition) is 7. The molecule has 2 aromatic heterocycles. The number of nitrogens with zero attached hydrogens (tertiary/aromatic N) is 4. The SMILES string of the molecule is COc1ccc(-c2cc(OC)c3ncnc(NCc4ccc(C)nn4)c3c2)cc1. The van der Waals surface area contributed by atoms with E-state index < -0.39 is 0 Å². The first-order valence-corrected chi connectivity index (χ1v) is 9.18. The van der Waals surface area contributed by atoms with Crippen LogP contribution >= 0.6 is 0 Å². The van der Waals surface area contributed by atoms with Crippen molar-refractivity contribution in [2.45, 2.75) is 13.5 Å². The Morgan fingerprint density at radius 3 is 2.38 bits per heavy atom. The number of nitrogens with one attached hydrogen (secondary N) is 1. The van der Waals surface area contributed by atoms with Crippen LogP contribution in [0.5, 0.6) is 11.5 Å². The van der Waals surface area contributed by atoms with Crippen LogP contribution in [-0.4, -0.2) is 34.4 Å². The first kappa shape index (κ1) is 18.6. The highest BCUT2D eigenvalue weighted by Gasteiger charge is 2.12. The van der Waals surface area contributed by atoms with E-state index in [0.717, 1.165) is 39.2 Å². The van der Waals surface area contributed by atoms with Crippen LogP contribution in [0.3, 0.4) is 0 Å². The molecule has 0 aliphatic heterocycles. The smallest absolute Gasteiger partial charge is 0.145 e. The summed E-state index contributed by atoms with van der Waals surface area (Å²) in [5.74, 6) is 2.21. The molecule has 146 valence electrons. The van der Waals surface area contributed by atoms with E-state index in [1.54, 1.807) is 14.2 Å². The summed E-state index contributed by atoms with van der Waals surface area (Å²) in [7, 11) is 3.30. The van der Waals surface area contributed by atoms with Crippen LogP contribution < -0.4 is 14.8 Å². The van der Waals surface area contributed by atoms with Gasteiger partial charge in [-0.25, -0.2) is 9.97 Å². The van der Waals surface area contributed by atoms with Crippen LogP contribution in [0.4, 0.5) is 5.82 Å². The number of anilines is 1. The number of fused-ring (bicyclic) bond motifs is 1. The molecule has 0 saturated carbocycles. The van der Waals surface area contributed by atoms with Gasteiger partial charge in [-0.3, -0.25) is 0 Å². The normalized spacial score (nSPS) is 10.7. The van der Waals surface area contributed by atoms with E-state index in [0.29, 0.717) is 18.1 Å². The molecule has 0 aliphatic rings. The molecule has 0 spiro atoms. The quantitative estimate of drug-likeness (QED) is 0.535. The standard InChI is InChI=1S/C22H21N5O2/c1-14-4-7-17(27-26-14)12-23-22-19-10-16(15-5-8-18(28-2)9-6-15)11-20(29-3)21(19)24-13-25-22/h4-11,13H,12H2,1-3H3,(H,23,24,25). The van der Waals surface area contributed by atoms with Gasteiger partial charge in [0, 0.05) is 5.39 Å². The van der Waals surface area contributed by atoms with Crippen LogP contribution in [0.25, 0.3) is 22.0 Å². The fraction of sp³-hybridized carbons (Fsp3) is 0.182. The average Bonchev–Trinajstić information content (AvgIpc) is 2.78. The lowest BCUT2D eigenvalue weighted by Crippen LogP contribution is -2.05. The Labute approximate surface area is 168 Å². The Kier molecular flexibility index (Phi) is 5.20. The molecule has 0 radical (unpaired) electrons. The maximum absolute atomic E-state index is 5.60. The Morgan fingerprint density at radius 1 is 0.862 bits per heavy atom. The third-order valence-electron chi connectivity index (χ3n) is 4.64. The van der Waals surface area contributed by atoms with Gasteiger partial charge >= 0.3 is 0 Å². The molecule has 0 amide bonds. The minimum absolute atomic E-state index is 0.508. The molecule has 0 aliphatic carbocycles. The third kappa shape index (κ3) is 3.94. The minimum Gasteiger partial charge on any atom is -0.497 e. The molecule has 0 atom stereocenters. The van der Waals surface area contributed by atoms with Gasteiger partial charge in [0.05, 0.1) is 32.2 Å². The molecule has 29 heavy (non-hydrogen) atoms. The van der Waals surface area contributed by atoms with Crippen LogP contribution in [0.1, 0.15) is 11.4 Å². The largest absolute Gasteiger partial charge is 0.497 e. The van der Waals surface area contributed by atoms with E-state index in [2.05, 4.69) is 31.5 Å². The molecule has 0 saturated heterocycles. The molecule has 0 fully saturated rings. The lowest BCUT2D eigenvalue weighted by atomic mass is 10.0. The molecule has 7 nitrogen and oxygen atoms in total. The Morgan fingerprint density at radius 2 is 1.69 bits per heavy atom. The maximum atomic E-state index is 5.60. The molecule has 2 aromatic carbocycles. The lowest BCUT2D eigenvalue weighted by molar-refractivity contribution is 0.415. The summed E-state index contributed by atoms with van der Waals surface area (Å²) >= 11 is 0. The van der Waals surface area contributed by atoms with Gasteiger partial charge in [0.15, 0.2) is 0 Å². The molecular formula is C22H21N5O2. The van der Waals surface area contributed by atoms with Crippen molar-refractivity contribution in [3.63, 3.8) is 0 Å². The number of methoxy groups -OCH3 is 2. The Hall–Kier alpha value is -3.74. The van der Waals surface area contributed by atoms with Crippen molar-refractivity contribution in [3.8, 4) is 22.6 Å². The summed E-state index contributed by atoms with van der Waals surface area (Å²) in [5.41, 5.74) is 4.52. The van der Waals surface area contributed by atoms with E-state index in [1.807, 2.05) is 49.4 Å². The zero-order valence-corrected chi connectivity index (χ0v) is 16.5. The Bertz CT molecular complexity index is 1130. The van der Waals surface area contributed by atoms with Gasteiger partial charge in [0.1, 0.15) is 29.2 Å². The number of rotatable bonds is 6. The van der Waals surface area contributed by atoms with Gasteiger partial charge < -0.3 is 14.8 Å². The predicted molar refractivity (Wildman–Crippen MR) is 112 cm³/mol. The Balaban J connectivity index is 1.73. The summed E-state index contributed by atoms with van der Waals surface area (Å²) in [5, 5.41) is 12.5. The number of benzene rings is 2. The van der Waals surface area contributed by atoms with Gasteiger partial charge in [-0.05, 0) is 54.4 Å². The average molecular weight is 387 g/mol. The van der Waals surface area contributed by atoms with Crippen molar-refractivity contribution in [1.82, 2.24) is 20.2 Å². The molecule has 4 rings (SSSR count). The highest BCUT2D eigenvalue weighted by atomic mass is 16.5. The monoisotopic (exact) mass is 387 g/mol. The maximum Gasteiger partial charge on any atom is 0.145 e. The van der Waals surface area contributed by atoms with Crippen molar-refractivity contribution in [1.29, 1.82) is 0 Å². The van der Waals surface area contributed by atoms with Crippen LogP contribution in [0, 0.1) is 6.92 Å². The summed E-state index contributed by atoms with van der Waals surface area (Å²) in [6.45, 7) is 2.42. The molecule has 1 N–H and O–H groups in total.